The van der Waals surface area contributed by atoms with Crippen molar-refractivity contribution >= 4 is 16.7 Å². The Hall–Kier alpha value is -1.55. The molecule has 1 fully saturated rings. The Morgan fingerprint density at radius 2 is 2.24 bits per heavy atom. The van der Waals surface area contributed by atoms with Gasteiger partial charge in [-0.25, -0.2) is 4.98 Å². The molecule has 17 heavy (non-hydrogen) atoms. The fourth-order valence-electron chi connectivity index (χ4n) is 2.05. The predicted molar refractivity (Wildman–Crippen MR) is 70.1 cm³/mol. The van der Waals surface area contributed by atoms with Gasteiger partial charge in [-0.2, -0.15) is 0 Å². The Balaban J connectivity index is 1.86. The minimum atomic E-state index is 0.0367. The number of anilines is 1. The van der Waals surface area contributed by atoms with Gasteiger partial charge in [0.25, 0.3) is 0 Å². The molecule has 0 amide bonds. The van der Waals surface area contributed by atoms with Crippen molar-refractivity contribution in [3.05, 3.63) is 24.0 Å². The summed E-state index contributed by atoms with van der Waals surface area (Å²) >= 11 is 0. The van der Waals surface area contributed by atoms with Gasteiger partial charge in [-0.15, -0.1) is 0 Å². The highest BCUT2D eigenvalue weighted by Gasteiger charge is 2.37. The largest absolute Gasteiger partial charge is 0.383 e. The van der Waals surface area contributed by atoms with Crippen LogP contribution in [-0.2, 0) is 7.05 Å². The van der Waals surface area contributed by atoms with Crippen LogP contribution < -0.4 is 11.1 Å². The molecule has 0 bridgehead atoms. The normalized spacial score (nSPS) is 17.4. The van der Waals surface area contributed by atoms with Crippen LogP contribution in [0, 0.1) is 6.92 Å². The van der Waals surface area contributed by atoms with E-state index in [-0.39, 0.29) is 5.54 Å². The smallest absolute Gasteiger partial charge is 0.106 e. The monoisotopic (exact) mass is 230 g/mol. The van der Waals surface area contributed by atoms with Crippen molar-refractivity contribution in [1.29, 1.82) is 0 Å². The Kier molecular flexibility index (Phi) is 2.16. The van der Waals surface area contributed by atoms with E-state index >= 15 is 0 Å². The van der Waals surface area contributed by atoms with Gasteiger partial charge in [0.2, 0.25) is 0 Å². The van der Waals surface area contributed by atoms with Crippen molar-refractivity contribution in [2.24, 2.45) is 12.8 Å². The molecule has 0 spiro atoms. The van der Waals surface area contributed by atoms with E-state index in [4.69, 9.17) is 5.73 Å². The van der Waals surface area contributed by atoms with Gasteiger partial charge >= 0.3 is 0 Å². The zero-order valence-corrected chi connectivity index (χ0v) is 10.3. The van der Waals surface area contributed by atoms with Crippen molar-refractivity contribution in [2.45, 2.75) is 25.3 Å². The SMILES string of the molecule is Cc1nc2cc(NCC3(N)CC3)ccc2n1C. The zero-order chi connectivity index (χ0) is 12.0. The Bertz CT molecular complexity index is 566. The summed E-state index contributed by atoms with van der Waals surface area (Å²) in [5.74, 6) is 1.04. The van der Waals surface area contributed by atoms with Gasteiger partial charge < -0.3 is 15.6 Å². The van der Waals surface area contributed by atoms with Gasteiger partial charge in [-0.1, -0.05) is 0 Å². The lowest BCUT2D eigenvalue weighted by atomic mass is 10.2. The molecule has 1 aliphatic carbocycles. The van der Waals surface area contributed by atoms with Crippen LogP contribution in [0.4, 0.5) is 5.69 Å². The maximum atomic E-state index is 6.05. The molecule has 0 aliphatic heterocycles. The number of fused-ring (bicyclic) bond motifs is 1. The number of nitrogens with two attached hydrogens (primary N) is 1. The summed E-state index contributed by atoms with van der Waals surface area (Å²) in [5, 5.41) is 3.39. The third-order valence-corrected chi connectivity index (χ3v) is 3.64. The van der Waals surface area contributed by atoms with E-state index in [1.54, 1.807) is 0 Å². The second-order valence-corrected chi connectivity index (χ2v) is 5.14. The maximum Gasteiger partial charge on any atom is 0.106 e. The first-order chi connectivity index (χ1) is 8.07. The molecular weight excluding hydrogens is 212 g/mol. The molecule has 3 rings (SSSR count). The first-order valence-electron chi connectivity index (χ1n) is 6.03. The summed E-state index contributed by atoms with van der Waals surface area (Å²) < 4.78 is 2.10. The van der Waals surface area contributed by atoms with Gasteiger partial charge in [0.15, 0.2) is 0 Å². The molecule has 0 atom stereocenters. The summed E-state index contributed by atoms with van der Waals surface area (Å²) in [6.07, 6.45) is 2.26. The highest BCUT2D eigenvalue weighted by Crippen LogP contribution is 2.32. The van der Waals surface area contributed by atoms with Gasteiger partial charge in [-0.05, 0) is 38.0 Å². The van der Waals surface area contributed by atoms with Gasteiger partial charge in [0.1, 0.15) is 5.82 Å². The standard InChI is InChI=1S/C13H18N4/c1-9-16-11-7-10(3-4-12(11)17(9)2)15-8-13(14)5-6-13/h3-4,7,15H,5-6,8,14H2,1-2H3. The molecule has 90 valence electrons. The van der Waals surface area contributed by atoms with Crippen LogP contribution in [-0.4, -0.2) is 21.6 Å². The van der Waals surface area contributed by atoms with E-state index in [2.05, 4.69) is 33.1 Å². The highest BCUT2D eigenvalue weighted by atomic mass is 15.1. The number of nitrogens with one attached hydrogen (secondary N) is 1. The number of imidazole rings is 1. The van der Waals surface area contributed by atoms with Crippen LogP contribution in [0.3, 0.4) is 0 Å². The van der Waals surface area contributed by atoms with Crippen LogP contribution in [0.2, 0.25) is 0 Å². The molecule has 1 aromatic heterocycles. The molecule has 0 unspecified atom stereocenters. The van der Waals surface area contributed by atoms with E-state index in [1.165, 1.54) is 5.52 Å². The number of aromatic nitrogens is 2. The van der Waals surface area contributed by atoms with E-state index < -0.39 is 0 Å². The van der Waals surface area contributed by atoms with Crippen LogP contribution in [0.1, 0.15) is 18.7 Å². The summed E-state index contributed by atoms with van der Waals surface area (Å²) in [6.45, 7) is 2.87. The average molecular weight is 230 g/mol. The number of hydrogen-bond donors (Lipinski definition) is 2. The minimum absolute atomic E-state index is 0.0367. The zero-order valence-electron chi connectivity index (χ0n) is 10.3. The Labute approximate surface area is 101 Å². The second kappa shape index (κ2) is 3.47. The van der Waals surface area contributed by atoms with E-state index in [9.17, 15) is 0 Å². The molecule has 3 N–H and O–H groups in total. The van der Waals surface area contributed by atoms with Gasteiger partial charge in [0.05, 0.1) is 11.0 Å². The van der Waals surface area contributed by atoms with Crippen molar-refractivity contribution < 1.29 is 0 Å². The first kappa shape index (κ1) is 10.6. The van der Waals surface area contributed by atoms with E-state index in [0.717, 1.165) is 36.4 Å². The molecule has 0 radical (unpaired) electrons. The quantitative estimate of drug-likeness (QED) is 0.845. The molecule has 2 aromatic rings. The molecule has 4 nitrogen and oxygen atoms in total. The van der Waals surface area contributed by atoms with Crippen molar-refractivity contribution in [2.75, 3.05) is 11.9 Å². The van der Waals surface area contributed by atoms with E-state index in [1.807, 2.05) is 14.0 Å². The number of hydrogen-bond acceptors (Lipinski definition) is 3. The lowest BCUT2D eigenvalue weighted by Gasteiger charge is -2.11. The molecule has 1 saturated carbocycles. The highest BCUT2D eigenvalue weighted by molar-refractivity contribution is 5.80. The topological polar surface area (TPSA) is 55.9 Å². The van der Waals surface area contributed by atoms with Crippen LogP contribution >= 0.6 is 0 Å². The number of rotatable bonds is 3. The average Bonchev–Trinajstić information content (AvgIpc) is 2.98. The summed E-state index contributed by atoms with van der Waals surface area (Å²) in [4.78, 5) is 4.53. The maximum absolute atomic E-state index is 6.05. The molecule has 1 aromatic carbocycles. The Morgan fingerprint density at radius 3 is 2.94 bits per heavy atom. The van der Waals surface area contributed by atoms with Gasteiger partial charge in [-0.3, -0.25) is 0 Å². The molecule has 1 heterocycles. The first-order valence-corrected chi connectivity index (χ1v) is 6.03. The summed E-state index contributed by atoms with van der Waals surface area (Å²) in [7, 11) is 2.04. The molecule has 4 heteroatoms. The minimum Gasteiger partial charge on any atom is -0.383 e. The van der Waals surface area contributed by atoms with Crippen LogP contribution in [0.25, 0.3) is 11.0 Å². The number of benzene rings is 1. The van der Waals surface area contributed by atoms with Crippen molar-refractivity contribution in [3.8, 4) is 0 Å². The number of aryl methyl sites for hydroxylation is 2. The third kappa shape index (κ3) is 1.89. The summed E-state index contributed by atoms with van der Waals surface area (Å²) in [6, 6.07) is 6.29. The summed E-state index contributed by atoms with van der Waals surface area (Å²) in [5.41, 5.74) is 9.40. The van der Waals surface area contributed by atoms with Crippen LogP contribution in [0.15, 0.2) is 18.2 Å². The van der Waals surface area contributed by atoms with Gasteiger partial charge in [0, 0.05) is 24.8 Å². The Morgan fingerprint density at radius 1 is 1.47 bits per heavy atom. The number of nitrogens with zero attached hydrogens (tertiary/aromatic N) is 2. The molecule has 0 saturated heterocycles. The third-order valence-electron chi connectivity index (χ3n) is 3.64. The van der Waals surface area contributed by atoms with Crippen molar-refractivity contribution in [3.63, 3.8) is 0 Å². The van der Waals surface area contributed by atoms with Crippen molar-refractivity contribution in [1.82, 2.24) is 9.55 Å². The lowest BCUT2D eigenvalue weighted by molar-refractivity contribution is 0.713. The molecule has 1 aliphatic rings. The van der Waals surface area contributed by atoms with Crippen LogP contribution in [0.5, 0.6) is 0 Å². The fraction of sp³-hybridized carbons (Fsp3) is 0.462. The van der Waals surface area contributed by atoms with E-state index in [0.29, 0.717) is 0 Å². The lowest BCUT2D eigenvalue weighted by Crippen LogP contribution is -2.30. The fourth-order valence-corrected chi connectivity index (χ4v) is 2.05. The molecular formula is C13H18N4. The second-order valence-electron chi connectivity index (χ2n) is 5.14. The predicted octanol–water partition coefficient (Wildman–Crippen LogP) is 1.78.